The van der Waals surface area contributed by atoms with Crippen LogP contribution in [-0.4, -0.2) is 0 Å². The van der Waals surface area contributed by atoms with Crippen LogP contribution in [-0.2, 0) is 13.0 Å². The average molecular weight is 399 g/mol. The molecule has 0 bridgehead atoms. The zero-order valence-corrected chi connectivity index (χ0v) is 17.4. The first-order valence-corrected chi connectivity index (χ1v) is 10.9. The summed E-state index contributed by atoms with van der Waals surface area (Å²) in [5, 5.41) is 0. The predicted octanol–water partition coefficient (Wildman–Crippen LogP) is 7.74. The maximum atomic E-state index is 14.7. The first kappa shape index (κ1) is 21.5. The third-order valence-corrected chi connectivity index (χ3v) is 6.10. The molecule has 1 fully saturated rings. The van der Waals surface area contributed by atoms with E-state index >= 15 is 0 Å². The summed E-state index contributed by atoms with van der Waals surface area (Å²) in [5.41, 5.74) is 2.73. The molecular weight excluding hydrogens is 366 g/mol. The van der Waals surface area contributed by atoms with Crippen LogP contribution in [0.5, 0.6) is 5.75 Å². The van der Waals surface area contributed by atoms with E-state index in [4.69, 9.17) is 4.74 Å². The molecule has 0 N–H and O–H groups in total. The summed E-state index contributed by atoms with van der Waals surface area (Å²) in [5.74, 6) is -0.828. The van der Waals surface area contributed by atoms with Crippen molar-refractivity contribution in [1.82, 2.24) is 0 Å². The van der Waals surface area contributed by atoms with Crippen molar-refractivity contribution in [3.8, 4) is 5.75 Å². The molecule has 0 atom stereocenters. The fraction of sp³-hybridized carbons (Fsp3) is 0.462. The average Bonchev–Trinajstić information content (AvgIpc) is 2.75. The SMILES string of the molecule is C=CCCC1CCC(c2ccc(OCc3ccc(CCC)cc3)c(F)c2F)CC1. The van der Waals surface area contributed by atoms with Crippen LogP contribution >= 0.6 is 0 Å². The Labute approximate surface area is 173 Å². The molecule has 156 valence electrons. The lowest BCUT2D eigenvalue weighted by Gasteiger charge is -2.29. The fourth-order valence-electron chi connectivity index (χ4n) is 4.34. The van der Waals surface area contributed by atoms with Crippen molar-refractivity contribution in [2.75, 3.05) is 0 Å². The van der Waals surface area contributed by atoms with Crippen LogP contribution in [0.4, 0.5) is 8.78 Å². The van der Waals surface area contributed by atoms with Crippen molar-refractivity contribution < 1.29 is 13.5 Å². The van der Waals surface area contributed by atoms with E-state index in [0.29, 0.717) is 11.5 Å². The summed E-state index contributed by atoms with van der Waals surface area (Å²) in [4.78, 5) is 0. The summed E-state index contributed by atoms with van der Waals surface area (Å²) < 4.78 is 34.9. The highest BCUT2D eigenvalue weighted by Crippen LogP contribution is 2.40. The quantitative estimate of drug-likeness (QED) is 0.393. The Morgan fingerprint density at radius 1 is 0.966 bits per heavy atom. The van der Waals surface area contributed by atoms with Gasteiger partial charge in [0, 0.05) is 0 Å². The van der Waals surface area contributed by atoms with Gasteiger partial charge in [-0.1, -0.05) is 49.8 Å². The number of hydrogen-bond acceptors (Lipinski definition) is 1. The van der Waals surface area contributed by atoms with E-state index in [1.54, 1.807) is 12.1 Å². The molecule has 29 heavy (non-hydrogen) atoms. The number of aryl methyl sites for hydroxylation is 1. The first-order chi connectivity index (χ1) is 14.1. The summed E-state index contributed by atoms with van der Waals surface area (Å²) in [7, 11) is 0. The standard InChI is InChI=1S/C26H32F2O/c1-3-5-7-20-12-14-22(15-13-20)23-16-17-24(26(28)25(23)27)29-18-21-10-8-19(6-4-2)9-11-21/h3,8-11,16-17,20,22H,1,4-7,12-15,18H2,2H3. The van der Waals surface area contributed by atoms with E-state index in [9.17, 15) is 8.78 Å². The molecule has 1 nitrogen and oxygen atoms in total. The van der Waals surface area contributed by atoms with E-state index < -0.39 is 11.6 Å². The van der Waals surface area contributed by atoms with Gasteiger partial charge in [0.05, 0.1) is 0 Å². The molecule has 0 radical (unpaired) electrons. The number of halogens is 2. The predicted molar refractivity (Wildman–Crippen MR) is 115 cm³/mol. The Bertz CT molecular complexity index is 789. The Kier molecular flexibility index (Phi) is 7.85. The van der Waals surface area contributed by atoms with E-state index in [2.05, 4.69) is 25.6 Å². The normalized spacial score (nSPS) is 19.1. The molecule has 1 aliphatic carbocycles. The van der Waals surface area contributed by atoms with Crippen LogP contribution in [0.1, 0.15) is 74.5 Å². The molecule has 0 amide bonds. The minimum atomic E-state index is -0.862. The summed E-state index contributed by atoms with van der Waals surface area (Å²) >= 11 is 0. The molecule has 3 heteroatoms. The molecule has 0 spiro atoms. The first-order valence-electron chi connectivity index (χ1n) is 10.9. The van der Waals surface area contributed by atoms with Gasteiger partial charge in [-0.2, -0.15) is 4.39 Å². The number of ether oxygens (including phenoxy) is 1. The van der Waals surface area contributed by atoms with Crippen molar-refractivity contribution >= 4 is 0 Å². The second kappa shape index (κ2) is 10.6. The van der Waals surface area contributed by atoms with Gasteiger partial charge in [-0.3, -0.25) is 0 Å². The fourth-order valence-corrected chi connectivity index (χ4v) is 4.34. The van der Waals surface area contributed by atoms with Crippen molar-refractivity contribution in [3.05, 3.63) is 77.4 Å². The third kappa shape index (κ3) is 5.68. The Hall–Kier alpha value is -2.16. The van der Waals surface area contributed by atoms with Gasteiger partial charge in [0.2, 0.25) is 5.82 Å². The Morgan fingerprint density at radius 2 is 1.66 bits per heavy atom. The lowest BCUT2D eigenvalue weighted by Crippen LogP contribution is -2.15. The largest absolute Gasteiger partial charge is 0.486 e. The summed E-state index contributed by atoms with van der Waals surface area (Å²) in [6.07, 6.45) is 10.3. The minimum absolute atomic E-state index is 0.0106. The van der Waals surface area contributed by atoms with Crippen LogP contribution in [0.15, 0.2) is 49.1 Å². The van der Waals surface area contributed by atoms with Crippen molar-refractivity contribution in [2.24, 2.45) is 5.92 Å². The number of hydrogen-bond donors (Lipinski definition) is 0. The topological polar surface area (TPSA) is 9.23 Å². The summed E-state index contributed by atoms with van der Waals surface area (Å²) in [6, 6.07) is 11.4. The molecule has 2 aromatic rings. The van der Waals surface area contributed by atoms with Gasteiger partial charge < -0.3 is 4.74 Å². The molecule has 1 saturated carbocycles. The smallest absolute Gasteiger partial charge is 0.200 e. The van der Waals surface area contributed by atoms with Gasteiger partial charge in [-0.05, 0) is 79.5 Å². The van der Waals surface area contributed by atoms with Crippen molar-refractivity contribution in [2.45, 2.75) is 70.8 Å². The monoisotopic (exact) mass is 398 g/mol. The molecule has 0 saturated heterocycles. The molecule has 3 rings (SSSR count). The second-order valence-electron chi connectivity index (χ2n) is 8.22. The third-order valence-electron chi connectivity index (χ3n) is 6.10. The zero-order valence-electron chi connectivity index (χ0n) is 17.4. The van der Waals surface area contributed by atoms with Crippen molar-refractivity contribution in [3.63, 3.8) is 0 Å². The lowest BCUT2D eigenvalue weighted by molar-refractivity contribution is 0.280. The van der Waals surface area contributed by atoms with E-state index in [1.807, 2.05) is 18.2 Å². The van der Waals surface area contributed by atoms with Gasteiger partial charge in [-0.15, -0.1) is 6.58 Å². The van der Waals surface area contributed by atoms with E-state index in [-0.39, 0.29) is 18.3 Å². The zero-order chi connectivity index (χ0) is 20.6. The highest BCUT2D eigenvalue weighted by atomic mass is 19.2. The van der Waals surface area contributed by atoms with Crippen molar-refractivity contribution in [1.29, 1.82) is 0 Å². The number of allylic oxidation sites excluding steroid dienone is 1. The van der Waals surface area contributed by atoms with Crippen LogP contribution < -0.4 is 4.74 Å². The molecule has 0 aromatic heterocycles. The molecule has 0 aliphatic heterocycles. The van der Waals surface area contributed by atoms with E-state index in [0.717, 1.165) is 56.9 Å². The van der Waals surface area contributed by atoms with Crippen LogP contribution in [0.25, 0.3) is 0 Å². The van der Waals surface area contributed by atoms with Crippen LogP contribution in [0.2, 0.25) is 0 Å². The van der Waals surface area contributed by atoms with E-state index in [1.165, 1.54) is 5.56 Å². The molecule has 0 heterocycles. The maximum absolute atomic E-state index is 14.7. The maximum Gasteiger partial charge on any atom is 0.200 e. The second-order valence-corrected chi connectivity index (χ2v) is 8.22. The highest BCUT2D eigenvalue weighted by Gasteiger charge is 2.26. The van der Waals surface area contributed by atoms with Gasteiger partial charge in [-0.25, -0.2) is 4.39 Å². The highest BCUT2D eigenvalue weighted by molar-refractivity contribution is 5.34. The van der Waals surface area contributed by atoms with Gasteiger partial charge in [0.1, 0.15) is 6.61 Å². The Balaban J connectivity index is 1.60. The lowest BCUT2D eigenvalue weighted by atomic mass is 9.77. The van der Waals surface area contributed by atoms with Gasteiger partial charge in [0.15, 0.2) is 11.6 Å². The molecule has 1 aliphatic rings. The van der Waals surface area contributed by atoms with Gasteiger partial charge >= 0.3 is 0 Å². The molecular formula is C26H32F2O. The molecule has 2 aromatic carbocycles. The number of benzene rings is 2. The molecule has 0 unspecified atom stereocenters. The van der Waals surface area contributed by atoms with Crippen LogP contribution in [0.3, 0.4) is 0 Å². The number of rotatable bonds is 9. The Morgan fingerprint density at radius 3 is 2.31 bits per heavy atom. The summed E-state index contributed by atoms with van der Waals surface area (Å²) in [6.45, 7) is 6.16. The minimum Gasteiger partial charge on any atom is -0.486 e. The van der Waals surface area contributed by atoms with Crippen LogP contribution in [0, 0.1) is 17.6 Å². The van der Waals surface area contributed by atoms with Gasteiger partial charge in [0.25, 0.3) is 0 Å².